The molecule has 0 aliphatic carbocycles. The fourth-order valence-corrected chi connectivity index (χ4v) is 1.21. The molecule has 0 spiro atoms. The second kappa shape index (κ2) is 7.33. The lowest BCUT2D eigenvalue weighted by atomic mass is 10.3. The zero-order valence-electron chi connectivity index (χ0n) is 9.19. The van der Waals surface area contributed by atoms with Gasteiger partial charge in [0.1, 0.15) is 12.2 Å². The number of hydrogen-bond donors (Lipinski definition) is 2. The fraction of sp³-hybridized carbons (Fsp3) is 0.778. The maximum absolute atomic E-state index is 5.04. The number of methoxy groups -OCH3 is 2. The van der Waals surface area contributed by atoms with Gasteiger partial charge in [0.05, 0.1) is 0 Å². The molecule has 6 heteroatoms. The van der Waals surface area contributed by atoms with E-state index in [0.717, 1.165) is 25.2 Å². The Morgan fingerprint density at radius 3 is 2.87 bits per heavy atom. The van der Waals surface area contributed by atoms with Gasteiger partial charge < -0.3 is 14.8 Å². The number of rotatable bonds is 8. The van der Waals surface area contributed by atoms with Crippen LogP contribution in [0.4, 0.5) is 0 Å². The average Bonchev–Trinajstić information content (AvgIpc) is 2.76. The van der Waals surface area contributed by atoms with Crippen LogP contribution in [0.1, 0.15) is 12.2 Å². The lowest BCUT2D eigenvalue weighted by Gasteiger charge is -2.13. The number of H-pyrrole nitrogens is 1. The van der Waals surface area contributed by atoms with Crippen molar-refractivity contribution >= 4 is 0 Å². The summed E-state index contributed by atoms with van der Waals surface area (Å²) < 4.78 is 10.1. The number of nitrogens with one attached hydrogen (secondary N) is 2. The maximum Gasteiger partial charge on any atom is 0.169 e. The van der Waals surface area contributed by atoms with E-state index in [1.807, 2.05) is 0 Å². The molecule has 0 aliphatic rings. The van der Waals surface area contributed by atoms with Crippen molar-refractivity contribution in [1.82, 2.24) is 20.5 Å². The monoisotopic (exact) mass is 214 g/mol. The van der Waals surface area contributed by atoms with Gasteiger partial charge in [0.25, 0.3) is 0 Å². The van der Waals surface area contributed by atoms with Crippen LogP contribution in [-0.2, 0) is 15.9 Å². The van der Waals surface area contributed by atoms with Crippen molar-refractivity contribution in [3.63, 3.8) is 0 Å². The minimum Gasteiger partial charge on any atom is -0.355 e. The first kappa shape index (κ1) is 12.1. The van der Waals surface area contributed by atoms with Gasteiger partial charge in [-0.25, -0.2) is 4.98 Å². The number of aromatic amines is 1. The van der Waals surface area contributed by atoms with Crippen molar-refractivity contribution in [2.24, 2.45) is 0 Å². The van der Waals surface area contributed by atoms with E-state index in [0.29, 0.717) is 6.54 Å². The van der Waals surface area contributed by atoms with Crippen LogP contribution in [-0.4, -0.2) is 48.8 Å². The third-order valence-electron chi connectivity index (χ3n) is 2.07. The first-order valence-corrected chi connectivity index (χ1v) is 4.97. The molecule has 15 heavy (non-hydrogen) atoms. The molecule has 0 aromatic carbocycles. The molecule has 0 fully saturated rings. The van der Waals surface area contributed by atoms with E-state index in [4.69, 9.17) is 9.47 Å². The molecule has 1 aromatic heterocycles. The van der Waals surface area contributed by atoms with Crippen LogP contribution >= 0.6 is 0 Å². The molecule has 86 valence electrons. The number of aryl methyl sites for hydroxylation is 1. The molecule has 1 rings (SSSR count). The largest absolute Gasteiger partial charge is 0.355 e. The summed E-state index contributed by atoms with van der Waals surface area (Å²) in [5, 5.41) is 9.84. The Hall–Kier alpha value is -0.980. The summed E-state index contributed by atoms with van der Waals surface area (Å²) in [5.74, 6) is 0.923. The van der Waals surface area contributed by atoms with E-state index in [-0.39, 0.29) is 6.29 Å². The zero-order chi connectivity index (χ0) is 10.9. The highest BCUT2D eigenvalue weighted by atomic mass is 16.7. The van der Waals surface area contributed by atoms with Crippen LogP contribution in [0.2, 0.25) is 0 Å². The Labute approximate surface area is 89.4 Å². The Bertz CT molecular complexity index is 236. The molecular weight excluding hydrogens is 196 g/mol. The number of ether oxygens (including phenoxy) is 2. The molecule has 0 amide bonds. The molecule has 0 atom stereocenters. The Morgan fingerprint density at radius 2 is 2.27 bits per heavy atom. The molecule has 2 N–H and O–H groups in total. The summed E-state index contributed by atoms with van der Waals surface area (Å²) in [6.45, 7) is 1.60. The molecule has 0 saturated carbocycles. The highest BCUT2D eigenvalue weighted by Crippen LogP contribution is 1.92. The smallest absolute Gasteiger partial charge is 0.169 e. The fourth-order valence-electron chi connectivity index (χ4n) is 1.21. The normalized spacial score (nSPS) is 11.1. The Kier molecular flexibility index (Phi) is 5.91. The van der Waals surface area contributed by atoms with Crippen LogP contribution in [0.5, 0.6) is 0 Å². The molecule has 6 nitrogen and oxygen atoms in total. The summed E-state index contributed by atoms with van der Waals surface area (Å²) >= 11 is 0. The van der Waals surface area contributed by atoms with Gasteiger partial charge in [-0.1, -0.05) is 0 Å². The third-order valence-corrected chi connectivity index (χ3v) is 2.07. The van der Waals surface area contributed by atoms with Crippen molar-refractivity contribution in [3.8, 4) is 0 Å². The molecule has 0 bridgehead atoms. The van der Waals surface area contributed by atoms with E-state index >= 15 is 0 Å². The third kappa shape index (κ3) is 4.87. The first-order valence-electron chi connectivity index (χ1n) is 4.97. The van der Waals surface area contributed by atoms with Crippen molar-refractivity contribution in [2.75, 3.05) is 27.3 Å². The van der Waals surface area contributed by atoms with Crippen molar-refractivity contribution in [2.45, 2.75) is 19.1 Å². The molecule has 0 saturated heterocycles. The van der Waals surface area contributed by atoms with Crippen molar-refractivity contribution in [3.05, 3.63) is 12.2 Å². The Balaban J connectivity index is 1.97. The molecular formula is C9H18N4O2. The highest BCUT2D eigenvalue weighted by molar-refractivity contribution is 4.79. The van der Waals surface area contributed by atoms with Gasteiger partial charge >= 0.3 is 0 Å². The van der Waals surface area contributed by atoms with E-state index in [1.165, 1.54) is 6.33 Å². The quantitative estimate of drug-likeness (QED) is 0.469. The van der Waals surface area contributed by atoms with Gasteiger partial charge in [-0.15, -0.1) is 0 Å². The van der Waals surface area contributed by atoms with Crippen molar-refractivity contribution < 1.29 is 9.47 Å². The van der Waals surface area contributed by atoms with E-state index in [9.17, 15) is 0 Å². The second-order valence-electron chi connectivity index (χ2n) is 3.14. The van der Waals surface area contributed by atoms with Crippen LogP contribution in [0.15, 0.2) is 6.33 Å². The van der Waals surface area contributed by atoms with Crippen LogP contribution < -0.4 is 5.32 Å². The maximum atomic E-state index is 5.04. The van der Waals surface area contributed by atoms with Gasteiger partial charge in [0, 0.05) is 27.2 Å². The number of aromatic nitrogens is 3. The molecule has 0 unspecified atom stereocenters. The molecule has 0 radical (unpaired) electrons. The molecule has 1 aromatic rings. The Morgan fingerprint density at radius 1 is 1.47 bits per heavy atom. The summed E-state index contributed by atoms with van der Waals surface area (Å²) in [6.07, 6.45) is 3.26. The predicted octanol–water partition coefficient (Wildman–Crippen LogP) is -0.0542. The van der Waals surface area contributed by atoms with E-state index < -0.39 is 0 Å². The molecule has 1 heterocycles. The summed E-state index contributed by atoms with van der Waals surface area (Å²) in [4.78, 5) is 4.04. The average molecular weight is 214 g/mol. The SMILES string of the molecule is COC(CNCCCc1ncn[nH]1)OC. The number of hydrogen-bond acceptors (Lipinski definition) is 5. The summed E-state index contributed by atoms with van der Waals surface area (Å²) in [5.41, 5.74) is 0. The van der Waals surface area contributed by atoms with Crippen LogP contribution in [0.25, 0.3) is 0 Å². The summed E-state index contributed by atoms with van der Waals surface area (Å²) in [6, 6.07) is 0. The lowest BCUT2D eigenvalue weighted by Crippen LogP contribution is -2.30. The minimum absolute atomic E-state index is 0.171. The van der Waals surface area contributed by atoms with Gasteiger partial charge in [-0.3, -0.25) is 5.10 Å². The molecule has 0 aliphatic heterocycles. The number of nitrogens with zero attached hydrogens (tertiary/aromatic N) is 2. The summed E-state index contributed by atoms with van der Waals surface area (Å²) in [7, 11) is 3.26. The zero-order valence-corrected chi connectivity index (χ0v) is 9.19. The lowest BCUT2D eigenvalue weighted by molar-refractivity contribution is -0.0986. The van der Waals surface area contributed by atoms with Gasteiger partial charge in [0.2, 0.25) is 0 Å². The van der Waals surface area contributed by atoms with Gasteiger partial charge in [-0.05, 0) is 13.0 Å². The van der Waals surface area contributed by atoms with E-state index in [2.05, 4.69) is 20.5 Å². The van der Waals surface area contributed by atoms with E-state index in [1.54, 1.807) is 14.2 Å². The minimum atomic E-state index is -0.171. The van der Waals surface area contributed by atoms with Gasteiger partial charge in [0.15, 0.2) is 6.29 Å². The van der Waals surface area contributed by atoms with Crippen LogP contribution in [0, 0.1) is 0 Å². The van der Waals surface area contributed by atoms with Crippen LogP contribution in [0.3, 0.4) is 0 Å². The van der Waals surface area contributed by atoms with Gasteiger partial charge in [-0.2, -0.15) is 5.10 Å². The van der Waals surface area contributed by atoms with Crippen molar-refractivity contribution in [1.29, 1.82) is 0 Å². The highest BCUT2D eigenvalue weighted by Gasteiger charge is 2.03. The second-order valence-corrected chi connectivity index (χ2v) is 3.14. The predicted molar refractivity (Wildman–Crippen MR) is 55.4 cm³/mol. The first-order chi connectivity index (χ1) is 7.36. The standard InChI is InChI=1S/C9H18N4O2/c1-14-9(15-2)6-10-5-3-4-8-11-7-12-13-8/h7,9-10H,3-6H2,1-2H3,(H,11,12,13). The topological polar surface area (TPSA) is 72.1 Å².